The molecule has 0 amide bonds. The average Bonchev–Trinajstić information content (AvgIpc) is 3.74. The molecule has 0 saturated heterocycles. The third-order valence-corrected chi connectivity index (χ3v) is 16.7. The summed E-state index contributed by atoms with van der Waals surface area (Å²) in [6.07, 6.45) is 0. The zero-order valence-electron chi connectivity index (χ0n) is 44.9. The lowest BCUT2D eigenvalue weighted by atomic mass is 9.86. The van der Waals surface area contributed by atoms with E-state index in [1.54, 1.807) is 0 Å². The predicted molar refractivity (Wildman–Crippen MR) is 333 cm³/mol. The van der Waals surface area contributed by atoms with Crippen LogP contribution in [0.15, 0.2) is 243 Å². The minimum Gasteiger partial charge on any atom is -0.309 e. The molecule has 0 saturated carbocycles. The summed E-state index contributed by atoms with van der Waals surface area (Å²) in [6, 6.07) is 90.3. The van der Waals surface area contributed by atoms with Gasteiger partial charge in [-0.25, -0.2) is 0 Å². The number of hydrogen-bond donors (Lipinski definition) is 0. The molecule has 0 fully saturated rings. The van der Waals surface area contributed by atoms with E-state index in [0.717, 1.165) is 34.1 Å². The molecule has 0 spiro atoms. The van der Waals surface area contributed by atoms with Crippen molar-refractivity contribution < 1.29 is 0 Å². The lowest BCUT2D eigenvalue weighted by molar-refractivity contribution is 0.591. The maximum Gasteiger partial charge on any atom is 0.0641 e. The fraction of sp³-hybridized carbons (Fsp3) is 0.108. The van der Waals surface area contributed by atoms with Crippen LogP contribution in [0.1, 0.15) is 52.7 Å². The highest BCUT2D eigenvalue weighted by molar-refractivity contribution is 6.32. The van der Waals surface area contributed by atoms with Crippen LogP contribution < -0.4 is 9.80 Å². The zero-order valence-corrected chi connectivity index (χ0v) is 44.9. The van der Waals surface area contributed by atoms with Crippen LogP contribution in [-0.4, -0.2) is 8.80 Å². The van der Waals surface area contributed by atoms with Crippen molar-refractivity contribution in [2.24, 2.45) is 0 Å². The quantitative estimate of drug-likeness (QED) is 0.151. The minimum atomic E-state index is -0.0522. The highest BCUT2D eigenvalue weighted by Crippen LogP contribution is 2.53. The van der Waals surface area contributed by atoms with Crippen LogP contribution in [0.25, 0.3) is 98.4 Å². The molecule has 15 rings (SSSR count). The van der Waals surface area contributed by atoms with E-state index in [1.807, 2.05) is 0 Å². The van der Waals surface area contributed by atoms with Crippen molar-refractivity contribution in [1.82, 2.24) is 8.80 Å². The first-order chi connectivity index (χ1) is 38.0. The van der Waals surface area contributed by atoms with Crippen molar-refractivity contribution in [2.75, 3.05) is 9.80 Å². The largest absolute Gasteiger partial charge is 0.309 e. The smallest absolute Gasteiger partial charge is 0.0641 e. The predicted octanol–water partition coefficient (Wildman–Crippen LogP) is 20.9. The highest BCUT2D eigenvalue weighted by atomic mass is 15.2. The normalized spacial score (nSPS) is 12.5. The summed E-state index contributed by atoms with van der Waals surface area (Å²) >= 11 is 0. The van der Waals surface area contributed by atoms with Crippen molar-refractivity contribution in [3.8, 4) is 22.3 Å². The number of benzene rings is 11. The Balaban J connectivity index is 1.05. The lowest BCUT2D eigenvalue weighted by Gasteiger charge is -2.29. The minimum absolute atomic E-state index is 0.0522. The fourth-order valence-corrected chi connectivity index (χ4v) is 12.9. The first kappa shape index (κ1) is 46.0. The molecule has 4 nitrogen and oxygen atoms in total. The molecule has 0 aliphatic heterocycles. The standard InChI is InChI=1S/C74H58N4/c1-73(2,3)49-35-39-63-59(43-49)69-65(75(51-27-15-9-16-28-51)61-33-21-19-31-53(61)47-23-11-7-12-24-47)41-37-55-57-46-68-58(45-67(57)77(63)71(55)69)56-38-42-66(70-60-44-50(74(4,5)6)36-40-64(60)78(68)72(56)70)76(52-29-17-10-18-30-52)62-34-22-20-32-54(62)48-25-13-8-14-26-48/h7-46H,1-6H3. The molecule has 0 aliphatic carbocycles. The first-order valence-electron chi connectivity index (χ1n) is 27.4. The van der Waals surface area contributed by atoms with Gasteiger partial charge in [-0.15, -0.1) is 0 Å². The summed E-state index contributed by atoms with van der Waals surface area (Å²) in [7, 11) is 0. The van der Waals surface area contributed by atoms with Crippen molar-refractivity contribution in [3.63, 3.8) is 0 Å². The van der Waals surface area contributed by atoms with Gasteiger partial charge in [0.2, 0.25) is 0 Å². The number of nitrogens with zero attached hydrogens (tertiary/aromatic N) is 4. The van der Waals surface area contributed by atoms with Crippen LogP contribution in [0.5, 0.6) is 0 Å². The van der Waals surface area contributed by atoms with Crippen LogP contribution in [0, 0.1) is 0 Å². The number of fused-ring (bicyclic) bond motifs is 12. The monoisotopic (exact) mass is 1000 g/mol. The van der Waals surface area contributed by atoms with E-state index in [-0.39, 0.29) is 10.8 Å². The van der Waals surface area contributed by atoms with Crippen LogP contribution in [-0.2, 0) is 10.8 Å². The number of aromatic nitrogens is 2. The third kappa shape index (κ3) is 6.85. The van der Waals surface area contributed by atoms with E-state index in [1.165, 1.54) is 110 Å². The molecule has 374 valence electrons. The SMILES string of the molecule is CC(C)(C)c1ccc2c(c1)c1c(N(c3ccccc3)c3ccccc3-c3ccccc3)ccc3c4cc5c(cc4n2c31)c1ccc(N(c2ccccc2)c2ccccc2-c2ccccc2)c2c3cc(C(C)(C)C)ccc3n5c12. The van der Waals surface area contributed by atoms with Crippen molar-refractivity contribution in [3.05, 3.63) is 254 Å². The van der Waals surface area contributed by atoms with Gasteiger partial charge in [-0.1, -0.05) is 199 Å². The van der Waals surface area contributed by atoms with Gasteiger partial charge in [0.15, 0.2) is 0 Å². The molecule has 11 aromatic carbocycles. The molecule has 0 bridgehead atoms. The van der Waals surface area contributed by atoms with E-state index in [4.69, 9.17) is 0 Å². The molecule has 0 aliphatic rings. The van der Waals surface area contributed by atoms with Crippen LogP contribution in [0.4, 0.5) is 34.1 Å². The molecular weight excluding hydrogens is 945 g/mol. The summed E-state index contributed by atoms with van der Waals surface area (Å²) in [5.41, 5.74) is 21.4. The molecule has 4 heteroatoms. The maximum absolute atomic E-state index is 2.59. The van der Waals surface area contributed by atoms with Gasteiger partial charge >= 0.3 is 0 Å². The van der Waals surface area contributed by atoms with Crippen LogP contribution in [0.2, 0.25) is 0 Å². The second-order valence-corrected chi connectivity index (χ2v) is 23.3. The molecular formula is C74H58N4. The average molecular weight is 1000 g/mol. The van der Waals surface area contributed by atoms with Gasteiger partial charge in [0.05, 0.1) is 55.8 Å². The fourth-order valence-electron chi connectivity index (χ4n) is 12.9. The molecule has 0 atom stereocenters. The Hall–Kier alpha value is -9.38. The summed E-state index contributed by atoms with van der Waals surface area (Å²) in [6.45, 7) is 14.0. The van der Waals surface area contributed by atoms with Gasteiger partial charge < -0.3 is 18.6 Å². The van der Waals surface area contributed by atoms with Crippen molar-refractivity contribution >= 4 is 110 Å². The van der Waals surface area contributed by atoms with Gasteiger partial charge in [0.25, 0.3) is 0 Å². The summed E-state index contributed by atoms with van der Waals surface area (Å²) in [5, 5.41) is 10.0. The lowest BCUT2D eigenvalue weighted by Crippen LogP contribution is -2.12. The second-order valence-electron chi connectivity index (χ2n) is 23.3. The zero-order chi connectivity index (χ0) is 52.6. The topological polar surface area (TPSA) is 15.3 Å². The van der Waals surface area contributed by atoms with Crippen molar-refractivity contribution in [1.29, 1.82) is 0 Å². The second kappa shape index (κ2) is 17.1. The number of rotatable bonds is 8. The molecule has 0 unspecified atom stereocenters. The van der Waals surface area contributed by atoms with Gasteiger partial charge in [-0.05, 0) is 118 Å². The molecule has 4 heterocycles. The van der Waals surface area contributed by atoms with E-state index in [2.05, 4.69) is 303 Å². The Morgan fingerprint density at radius 3 is 1.03 bits per heavy atom. The third-order valence-electron chi connectivity index (χ3n) is 16.7. The van der Waals surface area contributed by atoms with Crippen molar-refractivity contribution in [2.45, 2.75) is 52.4 Å². The molecule has 78 heavy (non-hydrogen) atoms. The van der Waals surface area contributed by atoms with E-state index < -0.39 is 0 Å². The Labute approximate surface area is 454 Å². The summed E-state index contributed by atoms with van der Waals surface area (Å²) in [4.78, 5) is 4.99. The van der Waals surface area contributed by atoms with E-state index in [0.29, 0.717) is 0 Å². The van der Waals surface area contributed by atoms with Gasteiger partial charge in [0, 0.05) is 65.6 Å². The Morgan fingerprint density at radius 2 is 0.641 bits per heavy atom. The highest BCUT2D eigenvalue weighted by Gasteiger charge is 2.30. The molecule has 0 radical (unpaired) electrons. The molecule has 0 N–H and O–H groups in total. The maximum atomic E-state index is 2.59. The van der Waals surface area contributed by atoms with E-state index in [9.17, 15) is 0 Å². The Morgan fingerprint density at radius 1 is 0.282 bits per heavy atom. The summed E-state index contributed by atoms with van der Waals surface area (Å²) < 4.78 is 5.17. The number of hydrogen-bond acceptors (Lipinski definition) is 2. The van der Waals surface area contributed by atoms with Gasteiger partial charge in [-0.3, -0.25) is 0 Å². The first-order valence-corrected chi connectivity index (χ1v) is 27.4. The number of para-hydroxylation sites is 4. The molecule has 4 aromatic heterocycles. The van der Waals surface area contributed by atoms with Crippen LogP contribution >= 0.6 is 0 Å². The molecule has 15 aromatic rings. The van der Waals surface area contributed by atoms with Crippen LogP contribution in [0.3, 0.4) is 0 Å². The Kier molecular flexibility index (Phi) is 10.1. The number of anilines is 6. The van der Waals surface area contributed by atoms with Gasteiger partial charge in [-0.2, -0.15) is 0 Å². The summed E-state index contributed by atoms with van der Waals surface area (Å²) in [5.74, 6) is 0. The van der Waals surface area contributed by atoms with Gasteiger partial charge in [0.1, 0.15) is 0 Å². The Bertz CT molecular complexity index is 4480. The van der Waals surface area contributed by atoms with E-state index >= 15 is 0 Å².